The van der Waals surface area contributed by atoms with Gasteiger partial charge in [-0.3, -0.25) is 0 Å². The van der Waals surface area contributed by atoms with Crippen molar-refractivity contribution >= 4 is 0 Å². The van der Waals surface area contributed by atoms with E-state index in [1.807, 2.05) is 12.2 Å². The summed E-state index contributed by atoms with van der Waals surface area (Å²) >= 11 is 0. The van der Waals surface area contributed by atoms with Crippen LogP contribution in [0.3, 0.4) is 0 Å². The topological polar surface area (TPSA) is 18.5 Å². The predicted octanol–water partition coefficient (Wildman–Crippen LogP) is 10.2. The summed E-state index contributed by atoms with van der Waals surface area (Å²) in [4.78, 5) is 0. The first kappa shape index (κ1) is 35.9. The molecule has 0 amide bonds. The van der Waals surface area contributed by atoms with E-state index < -0.39 is 0 Å². The number of rotatable bonds is 29. The maximum atomic E-state index is 6.68. The monoisotopic (exact) mass is 521 g/mol. The van der Waals surface area contributed by atoms with E-state index in [1.54, 1.807) is 0 Å². The van der Waals surface area contributed by atoms with Crippen LogP contribution in [0.2, 0.25) is 0 Å². The molecule has 3 nitrogen and oxygen atoms in total. The Balaban J connectivity index is 4.62. The molecule has 0 heterocycles. The minimum absolute atomic E-state index is 0.123. The maximum Gasteiger partial charge on any atom is 0.170 e. The van der Waals surface area contributed by atoms with Crippen LogP contribution < -0.4 is 0 Å². The summed E-state index contributed by atoms with van der Waals surface area (Å²) in [6.45, 7) is 12.4. The molecule has 1 atom stereocenters. The molecule has 0 aromatic rings. The van der Waals surface area contributed by atoms with E-state index in [2.05, 4.69) is 47.3 Å². The Morgan fingerprint density at radius 2 is 1.19 bits per heavy atom. The van der Waals surface area contributed by atoms with Crippen molar-refractivity contribution in [1.82, 2.24) is 0 Å². The smallest absolute Gasteiger partial charge is 0.170 e. The molecule has 1 unspecified atom stereocenters. The van der Waals surface area contributed by atoms with Crippen molar-refractivity contribution in [2.45, 2.75) is 141 Å². The Labute approximate surface area is 233 Å². The van der Waals surface area contributed by atoms with Crippen molar-refractivity contribution < 1.29 is 14.0 Å². The van der Waals surface area contributed by atoms with Gasteiger partial charge in [-0.05, 0) is 57.4 Å². The van der Waals surface area contributed by atoms with Crippen LogP contribution >= 0.6 is 0 Å². The molecular weight excluding hydrogens is 454 g/mol. The zero-order valence-electron chi connectivity index (χ0n) is 25.8. The highest BCUT2D eigenvalue weighted by molar-refractivity contribution is 4.94. The Morgan fingerprint density at radius 1 is 0.676 bits per heavy atom. The summed E-state index contributed by atoms with van der Waals surface area (Å²) in [6.07, 6.45) is 31.8. The van der Waals surface area contributed by atoms with Gasteiger partial charge in [-0.2, -0.15) is 0 Å². The molecule has 0 bridgehead atoms. The third-order valence-electron chi connectivity index (χ3n) is 6.83. The van der Waals surface area contributed by atoms with Crippen LogP contribution in [-0.4, -0.2) is 51.5 Å². The van der Waals surface area contributed by atoms with E-state index in [-0.39, 0.29) is 6.10 Å². The highest BCUT2D eigenvalue weighted by Crippen LogP contribution is 2.18. The van der Waals surface area contributed by atoms with Crippen LogP contribution in [0.15, 0.2) is 37.1 Å². The lowest BCUT2D eigenvalue weighted by Gasteiger charge is -2.30. The van der Waals surface area contributed by atoms with Crippen molar-refractivity contribution in [2.75, 3.05) is 40.9 Å². The number of allylic oxidation sites excluding steroid dienone is 4. The SMILES string of the molecule is C=CCCCCCC/C=C(\CCCCCCCC)OC(COCCCCCCCCC=C)C[N+](C)(C)C. The van der Waals surface area contributed by atoms with E-state index in [1.165, 1.54) is 102 Å². The molecule has 0 aliphatic rings. The third kappa shape index (κ3) is 27.8. The molecule has 0 radical (unpaired) electrons. The van der Waals surface area contributed by atoms with Gasteiger partial charge in [0.1, 0.15) is 6.54 Å². The second-order valence-corrected chi connectivity index (χ2v) is 12.0. The maximum absolute atomic E-state index is 6.68. The second kappa shape index (κ2) is 26.5. The number of hydrogen-bond acceptors (Lipinski definition) is 2. The molecule has 3 heteroatoms. The highest BCUT2D eigenvalue weighted by atomic mass is 16.5. The van der Waals surface area contributed by atoms with Gasteiger partial charge in [-0.1, -0.05) is 89.7 Å². The fourth-order valence-corrected chi connectivity index (χ4v) is 4.70. The average Bonchev–Trinajstić information content (AvgIpc) is 2.85. The van der Waals surface area contributed by atoms with Gasteiger partial charge in [0.05, 0.1) is 33.5 Å². The molecule has 0 saturated heterocycles. The largest absolute Gasteiger partial charge is 0.487 e. The minimum atomic E-state index is 0.123. The molecule has 218 valence electrons. The molecule has 0 aromatic carbocycles. The Morgan fingerprint density at radius 3 is 1.76 bits per heavy atom. The summed E-state index contributed by atoms with van der Waals surface area (Å²) in [7, 11) is 6.76. The van der Waals surface area contributed by atoms with Crippen molar-refractivity contribution in [1.29, 1.82) is 0 Å². The first-order valence-corrected chi connectivity index (χ1v) is 15.9. The summed E-state index contributed by atoms with van der Waals surface area (Å²) in [5.41, 5.74) is 0. The fourth-order valence-electron chi connectivity index (χ4n) is 4.70. The lowest BCUT2D eigenvalue weighted by atomic mass is 10.1. The molecule has 0 aliphatic heterocycles. The second-order valence-electron chi connectivity index (χ2n) is 12.0. The van der Waals surface area contributed by atoms with Crippen molar-refractivity contribution in [3.8, 4) is 0 Å². The number of likely N-dealkylation sites (N-methyl/N-ethyl adjacent to an activating group) is 1. The predicted molar refractivity (Wildman–Crippen MR) is 165 cm³/mol. The summed E-state index contributed by atoms with van der Waals surface area (Å²) in [5, 5.41) is 0. The van der Waals surface area contributed by atoms with Crippen LogP contribution in [0.1, 0.15) is 135 Å². The van der Waals surface area contributed by atoms with Crippen molar-refractivity contribution in [3.05, 3.63) is 37.1 Å². The molecule has 0 aromatic heterocycles. The lowest BCUT2D eigenvalue weighted by molar-refractivity contribution is -0.873. The third-order valence-corrected chi connectivity index (χ3v) is 6.83. The van der Waals surface area contributed by atoms with E-state index in [4.69, 9.17) is 9.47 Å². The molecule has 0 spiro atoms. The normalized spacial score (nSPS) is 13.0. The zero-order valence-corrected chi connectivity index (χ0v) is 25.8. The van der Waals surface area contributed by atoms with Gasteiger partial charge in [-0.25, -0.2) is 0 Å². The molecule has 0 N–H and O–H groups in total. The van der Waals surface area contributed by atoms with Gasteiger partial charge in [-0.15, -0.1) is 13.2 Å². The number of nitrogens with zero attached hydrogens (tertiary/aromatic N) is 1. The quantitative estimate of drug-likeness (QED) is 0.0422. The first-order valence-electron chi connectivity index (χ1n) is 15.9. The van der Waals surface area contributed by atoms with Gasteiger partial charge in [0.15, 0.2) is 6.10 Å². The van der Waals surface area contributed by atoms with Gasteiger partial charge in [0.2, 0.25) is 0 Å². The van der Waals surface area contributed by atoms with Crippen molar-refractivity contribution in [2.24, 2.45) is 0 Å². The molecule has 0 fully saturated rings. The van der Waals surface area contributed by atoms with Gasteiger partial charge in [0, 0.05) is 13.0 Å². The van der Waals surface area contributed by atoms with Crippen molar-refractivity contribution in [3.63, 3.8) is 0 Å². The van der Waals surface area contributed by atoms with E-state index in [0.717, 1.165) is 49.7 Å². The van der Waals surface area contributed by atoms with E-state index in [9.17, 15) is 0 Å². The molecular formula is C34H66NO2+. The Bertz CT molecular complexity index is 534. The number of quaternary nitrogens is 1. The highest BCUT2D eigenvalue weighted by Gasteiger charge is 2.21. The number of unbranched alkanes of at least 4 members (excludes halogenated alkanes) is 16. The molecule has 0 aliphatic carbocycles. The first-order chi connectivity index (χ1) is 17.9. The Hall–Kier alpha value is -1.06. The van der Waals surface area contributed by atoms with E-state index in [0.29, 0.717) is 6.61 Å². The van der Waals surface area contributed by atoms with Gasteiger partial charge < -0.3 is 14.0 Å². The van der Waals surface area contributed by atoms with E-state index >= 15 is 0 Å². The summed E-state index contributed by atoms with van der Waals surface area (Å²) < 4.78 is 13.7. The summed E-state index contributed by atoms with van der Waals surface area (Å²) in [6, 6.07) is 0. The molecule has 0 rings (SSSR count). The molecule has 37 heavy (non-hydrogen) atoms. The van der Waals surface area contributed by atoms with Gasteiger partial charge in [0.25, 0.3) is 0 Å². The lowest BCUT2D eigenvalue weighted by Crippen LogP contribution is -2.44. The van der Waals surface area contributed by atoms with Crippen LogP contribution in [0, 0.1) is 0 Å². The number of hydrogen-bond donors (Lipinski definition) is 0. The molecule has 0 saturated carbocycles. The van der Waals surface area contributed by atoms with Crippen LogP contribution in [-0.2, 0) is 9.47 Å². The zero-order chi connectivity index (χ0) is 27.5. The fraction of sp³-hybridized carbons (Fsp3) is 0.824. The standard InChI is InChI=1S/C34H66NO2/c1-7-10-13-16-19-21-24-27-30-36-32-34(31-35(4,5)6)37-33(28-25-22-18-15-12-9-3)29-26-23-20-17-14-11-8-2/h7-8,29,34H,1-2,9-28,30-32H2,3-6H3/q+1/b33-29+. The average molecular weight is 521 g/mol. The van der Waals surface area contributed by atoms with Crippen LogP contribution in [0.5, 0.6) is 0 Å². The number of ether oxygens (including phenoxy) is 2. The summed E-state index contributed by atoms with van der Waals surface area (Å²) in [5.74, 6) is 1.21. The van der Waals surface area contributed by atoms with Gasteiger partial charge >= 0.3 is 0 Å². The van der Waals surface area contributed by atoms with Crippen LogP contribution in [0.4, 0.5) is 0 Å². The Kier molecular flexibility index (Phi) is 25.8. The van der Waals surface area contributed by atoms with Crippen LogP contribution in [0.25, 0.3) is 0 Å². The minimum Gasteiger partial charge on any atom is -0.487 e.